The third-order valence-electron chi connectivity index (χ3n) is 5.53. The second kappa shape index (κ2) is 10.1. The summed E-state index contributed by atoms with van der Waals surface area (Å²) in [6.45, 7) is 6.41. The molecule has 0 saturated heterocycles. The van der Waals surface area contributed by atoms with Crippen LogP contribution >= 0.6 is 11.8 Å². The van der Waals surface area contributed by atoms with E-state index in [1.807, 2.05) is 32.0 Å². The van der Waals surface area contributed by atoms with Gasteiger partial charge in [0, 0.05) is 31.7 Å². The zero-order valence-corrected chi connectivity index (χ0v) is 19.3. The van der Waals surface area contributed by atoms with E-state index in [2.05, 4.69) is 50.5 Å². The Kier molecular flexibility index (Phi) is 7.07. The molecule has 1 aliphatic rings. The highest BCUT2D eigenvalue weighted by atomic mass is 32.2. The fourth-order valence-corrected chi connectivity index (χ4v) is 4.71. The Morgan fingerprint density at radius 1 is 1.16 bits per heavy atom. The van der Waals surface area contributed by atoms with Gasteiger partial charge in [-0.1, -0.05) is 48.2 Å². The summed E-state index contributed by atoms with van der Waals surface area (Å²) < 4.78 is 0. The SMILES string of the molecule is Cc1cc(C)cc(NC(=O)CSc2nc3c(c(=O)[nH]2)CN(CCc2ccccc2)CC3)c1. The van der Waals surface area contributed by atoms with Crippen LogP contribution in [0.1, 0.15) is 27.9 Å². The maximum atomic E-state index is 12.7. The van der Waals surface area contributed by atoms with Gasteiger partial charge in [0.1, 0.15) is 0 Å². The summed E-state index contributed by atoms with van der Waals surface area (Å²) >= 11 is 1.26. The lowest BCUT2D eigenvalue weighted by Crippen LogP contribution is -2.37. The summed E-state index contributed by atoms with van der Waals surface area (Å²) in [4.78, 5) is 34.8. The lowest BCUT2D eigenvalue weighted by atomic mass is 10.1. The first kappa shape index (κ1) is 22.3. The summed E-state index contributed by atoms with van der Waals surface area (Å²) in [7, 11) is 0. The molecule has 0 aliphatic carbocycles. The van der Waals surface area contributed by atoms with E-state index in [0.717, 1.165) is 54.0 Å². The minimum Gasteiger partial charge on any atom is -0.325 e. The van der Waals surface area contributed by atoms with Gasteiger partial charge in [-0.2, -0.15) is 0 Å². The molecule has 2 heterocycles. The number of rotatable bonds is 7. The van der Waals surface area contributed by atoms with Gasteiger partial charge in [0.05, 0.1) is 17.0 Å². The van der Waals surface area contributed by atoms with Gasteiger partial charge in [-0.25, -0.2) is 4.98 Å². The van der Waals surface area contributed by atoms with Crippen LogP contribution in [-0.2, 0) is 24.2 Å². The summed E-state index contributed by atoms with van der Waals surface area (Å²) in [5.74, 6) is 0.0743. The molecule has 3 aromatic rings. The first-order valence-corrected chi connectivity index (χ1v) is 11.8. The van der Waals surface area contributed by atoms with Gasteiger partial charge in [-0.05, 0) is 49.1 Å². The monoisotopic (exact) mass is 448 g/mol. The molecular weight excluding hydrogens is 420 g/mol. The van der Waals surface area contributed by atoms with Crippen LogP contribution in [0.3, 0.4) is 0 Å². The Morgan fingerprint density at radius 2 is 1.91 bits per heavy atom. The molecule has 1 amide bonds. The minimum absolute atomic E-state index is 0.100. The molecule has 0 spiro atoms. The maximum absolute atomic E-state index is 12.7. The third-order valence-corrected chi connectivity index (χ3v) is 6.40. The van der Waals surface area contributed by atoms with E-state index in [4.69, 9.17) is 0 Å². The second-order valence-electron chi connectivity index (χ2n) is 8.27. The Labute approximate surface area is 192 Å². The van der Waals surface area contributed by atoms with E-state index in [1.165, 1.54) is 17.3 Å². The number of H-pyrrole nitrogens is 1. The maximum Gasteiger partial charge on any atom is 0.256 e. The predicted molar refractivity (Wildman–Crippen MR) is 129 cm³/mol. The molecular formula is C25H28N4O2S. The lowest BCUT2D eigenvalue weighted by molar-refractivity contribution is -0.113. The molecule has 32 heavy (non-hydrogen) atoms. The number of fused-ring (bicyclic) bond motifs is 1. The van der Waals surface area contributed by atoms with Crippen LogP contribution in [0.15, 0.2) is 58.5 Å². The Bertz CT molecular complexity index is 1140. The van der Waals surface area contributed by atoms with Gasteiger partial charge >= 0.3 is 0 Å². The number of carbonyl (C=O) groups excluding carboxylic acids is 1. The van der Waals surface area contributed by atoms with E-state index in [0.29, 0.717) is 11.7 Å². The predicted octanol–water partition coefficient (Wildman–Crippen LogP) is 3.72. The number of hydrogen-bond donors (Lipinski definition) is 2. The van der Waals surface area contributed by atoms with Crippen molar-refractivity contribution in [3.05, 3.63) is 86.8 Å². The van der Waals surface area contributed by atoms with Crippen molar-refractivity contribution in [2.45, 2.75) is 38.4 Å². The number of nitrogens with one attached hydrogen (secondary N) is 2. The molecule has 2 aromatic carbocycles. The highest BCUT2D eigenvalue weighted by molar-refractivity contribution is 7.99. The van der Waals surface area contributed by atoms with Crippen LogP contribution < -0.4 is 10.9 Å². The largest absolute Gasteiger partial charge is 0.325 e. The molecule has 2 N–H and O–H groups in total. The zero-order valence-electron chi connectivity index (χ0n) is 18.5. The molecule has 0 bridgehead atoms. The minimum atomic E-state index is -0.118. The van der Waals surface area contributed by atoms with Crippen LogP contribution in [0.25, 0.3) is 0 Å². The van der Waals surface area contributed by atoms with Gasteiger partial charge in [0.25, 0.3) is 5.56 Å². The highest BCUT2D eigenvalue weighted by Gasteiger charge is 2.21. The van der Waals surface area contributed by atoms with E-state index < -0.39 is 0 Å². The topological polar surface area (TPSA) is 78.1 Å². The zero-order chi connectivity index (χ0) is 22.5. The molecule has 0 saturated carbocycles. The van der Waals surface area contributed by atoms with E-state index in [-0.39, 0.29) is 17.2 Å². The average molecular weight is 449 g/mol. The van der Waals surface area contributed by atoms with Gasteiger partial charge in [-0.3, -0.25) is 14.5 Å². The van der Waals surface area contributed by atoms with E-state index in [9.17, 15) is 9.59 Å². The van der Waals surface area contributed by atoms with Crippen molar-refractivity contribution in [3.63, 3.8) is 0 Å². The average Bonchev–Trinajstić information content (AvgIpc) is 2.76. The summed E-state index contributed by atoms with van der Waals surface area (Å²) in [5.41, 5.74) is 5.79. The Hall–Kier alpha value is -2.90. The number of aromatic amines is 1. The van der Waals surface area contributed by atoms with E-state index >= 15 is 0 Å². The molecule has 6 nitrogen and oxygen atoms in total. The van der Waals surface area contributed by atoms with Crippen LogP contribution in [0.4, 0.5) is 5.69 Å². The van der Waals surface area contributed by atoms with Crippen molar-refractivity contribution in [3.8, 4) is 0 Å². The molecule has 166 valence electrons. The van der Waals surface area contributed by atoms with Gasteiger partial charge in [-0.15, -0.1) is 0 Å². The standard InChI is InChI=1S/C25H28N4O2S/c1-17-12-18(2)14-20(13-17)26-23(30)16-32-25-27-22-9-11-29(15-21(22)24(31)28-25)10-8-19-6-4-3-5-7-19/h3-7,12-14H,8-11,15-16H2,1-2H3,(H,26,30)(H,27,28,31). The van der Waals surface area contributed by atoms with Crippen molar-refractivity contribution in [2.75, 3.05) is 24.2 Å². The molecule has 4 rings (SSSR count). The van der Waals surface area contributed by atoms with Gasteiger partial charge in [0.2, 0.25) is 5.91 Å². The first-order chi connectivity index (χ1) is 15.5. The number of aryl methyl sites for hydroxylation is 2. The first-order valence-electron chi connectivity index (χ1n) is 10.9. The normalized spacial score (nSPS) is 13.6. The quantitative estimate of drug-likeness (QED) is 0.426. The van der Waals surface area contributed by atoms with Crippen molar-refractivity contribution < 1.29 is 4.79 Å². The number of amides is 1. The third kappa shape index (κ3) is 5.87. The molecule has 0 unspecified atom stereocenters. The molecule has 0 radical (unpaired) electrons. The van der Waals surface area contributed by atoms with Crippen LogP contribution in [0.5, 0.6) is 0 Å². The molecule has 0 fully saturated rings. The second-order valence-corrected chi connectivity index (χ2v) is 9.24. The number of anilines is 1. The number of nitrogens with zero attached hydrogens (tertiary/aromatic N) is 2. The van der Waals surface area contributed by atoms with Crippen LogP contribution in [0.2, 0.25) is 0 Å². The van der Waals surface area contributed by atoms with E-state index in [1.54, 1.807) is 0 Å². The lowest BCUT2D eigenvalue weighted by Gasteiger charge is -2.27. The fraction of sp³-hybridized carbons (Fsp3) is 0.320. The van der Waals surface area contributed by atoms with Crippen LogP contribution in [-0.4, -0.2) is 39.6 Å². The van der Waals surface area contributed by atoms with Crippen molar-refractivity contribution in [1.29, 1.82) is 0 Å². The number of carbonyl (C=O) groups is 1. The van der Waals surface area contributed by atoms with Gasteiger partial charge < -0.3 is 10.3 Å². The number of hydrogen-bond acceptors (Lipinski definition) is 5. The van der Waals surface area contributed by atoms with Crippen molar-refractivity contribution >= 4 is 23.4 Å². The molecule has 7 heteroatoms. The molecule has 1 aromatic heterocycles. The summed E-state index contributed by atoms with van der Waals surface area (Å²) in [5, 5.41) is 3.42. The van der Waals surface area contributed by atoms with Gasteiger partial charge in [0.15, 0.2) is 5.16 Å². The Balaban J connectivity index is 1.33. The van der Waals surface area contributed by atoms with Crippen molar-refractivity contribution in [1.82, 2.24) is 14.9 Å². The number of aromatic nitrogens is 2. The van der Waals surface area contributed by atoms with Crippen LogP contribution in [0, 0.1) is 13.8 Å². The molecule has 0 atom stereocenters. The number of thioether (sulfide) groups is 1. The molecule has 1 aliphatic heterocycles. The Morgan fingerprint density at radius 3 is 2.66 bits per heavy atom. The highest BCUT2D eigenvalue weighted by Crippen LogP contribution is 2.19. The number of benzene rings is 2. The summed E-state index contributed by atoms with van der Waals surface area (Å²) in [6.07, 6.45) is 1.71. The summed E-state index contributed by atoms with van der Waals surface area (Å²) in [6, 6.07) is 16.3. The van der Waals surface area contributed by atoms with Crippen molar-refractivity contribution in [2.24, 2.45) is 0 Å². The smallest absolute Gasteiger partial charge is 0.256 e. The fourth-order valence-electron chi connectivity index (χ4n) is 4.03.